The number of nitrogens with one attached hydrogen (secondary N) is 1. The molecule has 76 valence electrons. The topological polar surface area (TPSA) is 121 Å². The molecule has 2 rings (SSSR count). The molecule has 0 aromatic heterocycles. The Kier molecular flexibility index (Phi) is 1.54. The van der Waals surface area contributed by atoms with Gasteiger partial charge in [-0.1, -0.05) is 0 Å². The minimum atomic E-state index is -1.07. The van der Waals surface area contributed by atoms with Crippen molar-refractivity contribution in [2.24, 2.45) is 0 Å². The second-order valence-electron chi connectivity index (χ2n) is 2.89. The summed E-state index contributed by atoms with van der Waals surface area (Å²) in [4.78, 5) is 42.7. The number of aromatic hydroxyl groups is 2. The lowest BCUT2D eigenvalue weighted by Gasteiger charge is -2.10. The van der Waals surface area contributed by atoms with Gasteiger partial charge in [0.15, 0.2) is 11.5 Å². The van der Waals surface area contributed by atoms with Crippen LogP contribution in [-0.4, -0.2) is 10.2 Å². The Morgan fingerprint density at radius 1 is 0.667 bits per heavy atom. The average Bonchev–Trinajstić information content (AvgIpc) is 2.27. The maximum atomic E-state index is 10.8. The summed E-state index contributed by atoms with van der Waals surface area (Å²) in [6.45, 7) is 0. The van der Waals surface area contributed by atoms with Crippen molar-refractivity contribution in [2.45, 2.75) is 0 Å². The van der Waals surface area contributed by atoms with Crippen LogP contribution in [0.1, 0.15) is 0 Å². The molecule has 2 aromatic rings. The van der Waals surface area contributed by atoms with Gasteiger partial charge in [0.05, 0.1) is 0 Å². The van der Waals surface area contributed by atoms with Gasteiger partial charge >= 0.3 is 0 Å². The van der Waals surface area contributed by atoms with Crippen LogP contribution in [0.15, 0.2) is 19.2 Å². The van der Waals surface area contributed by atoms with Gasteiger partial charge in [0.25, 0.3) is 21.7 Å². The summed E-state index contributed by atoms with van der Waals surface area (Å²) in [7, 11) is 0. The van der Waals surface area contributed by atoms with Crippen molar-refractivity contribution in [3.05, 3.63) is 40.9 Å². The van der Waals surface area contributed by atoms with E-state index >= 15 is 0 Å². The van der Waals surface area contributed by atoms with E-state index in [1.807, 2.05) is 5.32 Å². The fraction of sp³-hybridized carbons (Fsp3) is 0. The Morgan fingerprint density at radius 3 is 1.27 bits per heavy atom. The van der Waals surface area contributed by atoms with Crippen LogP contribution in [0, 0.1) is 0 Å². The maximum absolute atomic E-state index is 10.8. The molecule has 0 spiro atoms. The lowest BCUT2D eigenvalue weighted by Crippen LogP contribution is -2.37. The van der Waals surface area contributed by atoms with E-state index in [0.29, 0.717) is 0 Å². The molecule has 0 aliphatic heterocycles. The van der Waals surface area contributed by atoms with Crippen molar-refractivity contribution in [3.63, 3.8) is 0 Å². The summed E-state index contributed by atoms with van der Waals surface area (Å²) in [6.07, 6.45) is 0. The lowest BCUT2D eigenvalue weighted by atomic mass is 10.1. The molecule has 0 bridgehead atoms. The van der Waals surface area contributed by atoms with Gasteiger partial charge in [0.2, 0.25) is 0 Å². The molecule has 0 saturated heterocycles. The van der Waals surface area contributed by atoms with Crippen LogP contribution >= 0.6 is 0 Å². The zero-order valence-electron chi connectivity index (χ0n) is 7.03. The van der Waals surface area contributed by atoms with Gasteiger partial charge < -0.3 is 15.5 Å². The zero-order valence-corrected chi connectivity index (χ0v) is 7.03. The highest BCUT2D eigenvalue weighted by molar-refractivity contribution is 5.74. The standard InChI is InChI=1S/C8H3NO6/c10-3-1(4(11)7(3)14)9-2-5(12)8(15)6(2)13/h9-10,12H. The molecule has 0 aliphatic rings. The minimum absolute atomic E-state index is 0.484. The third-order valence-corrected chi connectivity index (χ3v) is 2.02. The molecule has 0 amide bonds. The largest absolute Gasteiger partial charge is 0.502 e. The zero-order chi connectivity index (χ0) is 11.3. The van der Waals surface area contributed by atoms with Crippen molar-refractivity contribution in [2.75, 3.05) is 5.32 Å². The Labute approximate surface area is 80.2 Å². The molecule has 7 heteroatoms. The van der Waals surface area contributed by atoms with Crippen molar-refractivity contribution in [3.8, 4) is 11.5 Å². The average molecular weight is 209 g/mol. The van der Waals surface area contributed by atoms with Gasteiger partial charge in [-0.05, 0) is 0 Å². The fourth-order valence-electron chi connectivity index (χ4n) is 1.12. The van der Waals surface area contributed by atoms with E-state index < -0.39 is 44.6 Å². The fourth-order valence-corrected chi connectivity index (χ4v) is 1.12. The Hall–Kier alpha value is -2.44. The van der Waals surface area contributed by atoms with Gasteiger partial charge in [-0.2, -0.15) is 0 Å². The molecular weight excluding hydrogens is 206 g/mol. The third-order valence-electron chi connectivity index (χ3n) is 2.02. The Balaban J connectivity index is 2.42. The van der Waals surface area contributed by atoms with E-state index in [4.69, 9.17) is 10.2 Å². The predicted molar refractivity (Wildman–Crippen MR) is 49.3 cm³/mol. The van der Waals surface area contributed by atoms with Gasteiger partial charge in [0.1, 0.15) is 11.4 Å². The van der Waals surface area contributed by atoms with Crippen molar-refractivity contribution in [1.29, 1.82) is 0 Å². The molecule has 3 N–H and O–H groups in total. The normalized spacial score (nSPS) is 10.9. The van der Waals surface area contributed by atoms with E-state index in [0.717, 1.165) is 0 Å². The van der Waals surface area contributed by atoms with Crippen LogP contribution in [0.25, 0.3) is 0 Å². The second kappa shape index (κ2) is 2.53. The van der Waals surface area contributed by atoms with E-state index in [1.54, 1.807) is 0 Å². The molecule has 0 heterocycles. The first-order chi connectivity index (χ1) is 6.95. The van der Waals surface area contributed by atoms with Crippen LogP contribution in [0.3, 0.4) is 0 Å². The molecular formula is C8H3NO6. The number of hydrogen-bond donors (Lipinski definition) is 3. The smallest absolute Gasteiger partial charge is 0.271 e. The van der Waals surface area contributed by atoms with Crippen LogP contribution in [0.2, 0.25) is 0 Å². The predicted octanol–water partition coefficient (Wildman–Crippen LogP) is -1.97. The highest BCUT2D eigenvalue weighted by Gasteiger charge is 2.26. The minimum Gasteiger partial charge on any atom is -0.502 e. The Morgan fingerprint density at radius 2 is 1.00 bits per heavy atom. The summed E-state index contributed by atoms with van der Waals surface area (Å²) >= 11 is 0. The van der Waals surface area contributed by atoms with Crippen molar-refractivity contribution < 1.29 is 10.2 Å². The molecule has 0 saturated carbocycles. The maximum Gasteiger partial charge on any atom is 0.271 e. The summed E-state index contributed by atoms with van der Waals surface area (Å²) in [5.74, 6) is -1.63. The molecule has 0 atom stereocenters. The van der Waals surface area contributed by atoms with Gasteiger partial charge in [-0.3, -0.25) is 19.2 Å². The number of rotatable bonds is 2. The summed E-state index contributed by atoms with van der Waals surface area (Å²) < 4.78 is 0. The lowest BCUT2D eigenvalue weighted by molar-refractivity contribution is 0.462. The monoisotopic (exact) mass is 209 g/mol. The number of anilines is 2. The molecule has 0 aliphatic carbocycles. The third kappa shape index (κ3) is 0.938. The van der Waals surface area contributed by atoms with Crippen molar-refractivity contribution in [1.82, 2.24) is 0 Å². The van der Waals surface area contributed by atoms with E-state index in [1.165, 1.54) is 0 Å². The molecule has 0 fully saturated rings. The highest BCUT2D eigenvalue weighted by atomic mass is 16.3. The quantitative estimate of drug-likeness (QED) is 0.490. The van der Waals surface area contributed by atoms with E-state index in [2.05, 4.69) is 0 Å². The summed E-state index contributed by atoms with van der Waals surface area (Å²) in [5, 5.41) is 19.8. The second-order valence-corrected chi connectivity index (χ2v) is 2.89. The van der Waals surface area contributed by atoms with Crippen LogP contribution < -0.4 is 27.0 Å². The van der Waals surface area contributed by atoms with Crippen LogP contribution in [0.4, 0.5) is 11.4 Å². The van der Waals surface area contributed by atoms with Crippen LogP contribution in [-0.2, 0) is 0 Å². The van der Waals surface area contributed by atoms with E-state index in [-0.39, 0.29) is 0 Å². The SMILES string of the molecule is O=c1c(O)c(Nc2c(O)c(=O)c2=O)c1=O. The molecule has 0 unspecified atom stereocenters. The molecule has 15 heavy (non-hydrogen) atoms. The van der Waals surface area contributed by atoms with Gasteiger partial charge in [-0.25, -0.2) is 0 Å². The van der Waals surface area contributed by atoms with Gasteiger partial charge in [0, 0.05) is 0 Å². The summed E-state index contributed by atoms with van der Waals surface area (Å²) in [6, 6.07) is 0. The molecule has 7 nitrogen and oxygen atoms in total. The molecule has 0 radical (unpaired) electrons. The van der Waals surface area contributed by atoms with Crippen LogP contribution in [0.5, 0.6) is 11.5 Å². The van der Waals surface area contributed by atoms with E-state index in [9.17, 15) is 19.2 Å². The first kappa shape index (κ1) is 9.13. The summed E-state index contributed by atoms with van der Waals surface area (Å²) in [5.41, 5.74) is -5.11. The first-order valence-corrected chi connectivity index (χ1v) is 3.76. The van der Waals surface area contributed by atoms with Gasteiger partial charge in [-0.15, -0.1) is 0 Å². The molecule has 2 aromatic carbocycles. The highest BCUT2D eigenvalue weighted by Crippen LogP contribution is 2.23. The Bertz CT molecular complexity index is 635. The van der Waals surface area contributed by atoms with Crippen molar-refractivity contribution >= 4 is 11.4 Å². The first-order valence-electron chi connectivity index (χ1n) is 3.76. The number of hydrogen-bond acceptors (Lipinski definition) is 7.